The molecule has 2 aliphatic rings. The number of nitrogens with one attached hydrogen (secondary N) is 1. The molecule has 0 saturated carbocycles. The van der Waals surface area contributed by atoms with Crippen molar-refractivity contribution in [2.24, 2.45) is 0 Å². The minimum absolute atomic E-state index is 0.240. The van der Waals surface area contributed by atoms with Crippen LogP contribution in [0.25, 0.3) is 0 Å². The molecule has 2 atom stereocenters. The summed E-state index contributed by atoms with van der Waals surface area (Å²) in [5.41, 5.74) is 1.22. The first-order chi connectivity index (χ1) is 15.8. The summed E-state index contributed by atoms with van der Waals surface area (Å²) in [6.45, 7) is 4.92. The molecule has 2 fully saturated rings. The molecule has 2 aliphatic heterocycles. The number of halogens is 3. The molecular formula is C24H27F3N4O2. The van der Waals surface area contributed by atoms with E-state index in [4.69, 9.17) is 0 Å². The van der Waals surface area contributed by atoms with Crippen LogP contribution >= 0.6 is 0 Å². The fourth-order valence-corrected chi connectivity index (χ4v) is 4.40. The fourth-order valence-electron chi connectivity index (χ4n) is 4.40. The molecule has 2 unspecified atom stereocenters. The molecule has 0 radical (unpaired) electrons. The lowest BCUT2D eigenvalue weighted by atomic mass is 10.0. The van der Waals surface area contributed by atoms with Gasteiger partial charge in [0.1, 0.15) is 11.9 Å². The van der Waals surface area contributed by atoms with E-state index in [1.807, 2.05) is 6.92 Å². The van der Waals surface area contributed by atoms with Crippen LogP contribution in [0.4, 0.5) is 24.5 Å². The lowest BCUT2D eigenvalue weighted by molar-refractivity contribution is -0.131. The van der Waals surface area contributed by atoms with Gasteiger partial charge in [-0.2, -0.15) is 0 Å². The number of piperidine rings is 1. The average molecular weight is 461 g/mol. The van der Waals surface area contributed by atoms with E-state index in [1.165, 1.54) is 23.1 Å². The molecule has 4 rings (SSSR count). The fraction of sp³-hybridized carbons (Fsp3) is 0.417. The number of anilines is 2. The topological polar surface area (TPSA) is 55.9 Å². The van der Waals surface area contributed by atoms with E-state index < -0.39 is 23.7 Å². The van der Waals surface area contributed by atoms with Gasteiger partial charge in [-0.1, -0.05) is 0 Å². The quantitative estimate of drug-likeness (QED) is 0.746. The molecule has 2 aromatic rings. The van der Waals surface area contributed by atoms with Crippen molar-refractivity contribution >= 4 is 23.2 Å². The highest BCUT2D eigenvalue weighted by Crippen LogP contribution is 2.23. The van der Waals surface area contributed by atoms with Crippen molar-refractivity contribution in [3.05, 3.63) is 59.9 Å². The Morgan fingerprint density at radius 2 is 1.61 bits per heavy atom. The van der Waals surface area contributed by atoms with Gasteiger partial charge >= 0.3 is 0 Å². The maximum atomic E-state index is 13.6. The van der Waals surface area contributed by atoms with Gasteiger partial charge in [0, 0.05) is 50.2 Å². The maximum absolute atomic E-state index is 13.6. The van der Waals surface area contributed by atoms with E-state index in [0.717, 1.165) is 17.8 Å². The number of nitrogens with zero attached hydrogens (tertiary/aromatic N) is 3. The number of amides is 2. The minimum Gasteiger partial charge on any atom is -0.369 e. The van der Waals surface area contributed by atoms with E-state index in [9.17, 15) is 22.8 Å². The molecule has 6 nitrogen and oxygen atoms in total. The van der Waals surface area contributed by atoms with Gasteiger partial charge < -0.3 is 15.1 Å². The van der Waals surface area contributed by atoms with Crippen LogP contribution in [0.2, 0.25) is 0 Å². The molecule has 9 heteroatoms. The van der Waals surface area contributed by atoms with Gasteiger partial charge in [0.15, 0.2) is 11.6 Å². The standard InChI is InChI=1S/C24H27F3N4O2/c1-16(29-11-13-30(14-12-29)18-6-4-17(25)5-7-18)23(32)28-22-3-2-10-31(24(22)33)19-8-9-20(26)21(27)15-19/h4-9,15-16,22H,2-3,10-14H2,1H3,(H,28,32). The predicted octanol–water partition coefficient (Wildman–Crippen LogP) is 2.93. The molecule has 2 amide bonds. The summed E-state index contributed by atoms with van der Waals surface area (Å²) in [7, 11) is 0. The summed E-state index contributed by atoms with van der Waals surface area (Å²) < 4.78 is 40.0. The maximum Gasteiger partial charge on any atom is 0.249 e. The second-order valence-corrected chi connectivity index (χ2v) is 8.47. The molecule has 176 valence electrons. The average Bonchev–Trinajstić information content (AvgIpc) is 2.82. The van der Waals surface area contributed by atoms with Gasteiger partial charge in [0.2, 0.25) is 11.8 Å². The number of carbonyl (C=O) groups excluding carboxylic acids is 2. The number of hydrogen-bond acceptors (Lipinski definition) is 4. The molecule has 2 heterocycles. The van der Waals surface area contributed by atoms with Crippen molar-refractivity contribution in [3.63, 3.8) is 0 Å². The summed E-state index contributed by atoms with van der Waals surface area (Å²) in [6.07, 6.45) is 1.14. The Kier molecular flexibility index (Phi) is 6.88. The largest absolute Gasteiger partial charge is 0.369 e. The van der Waals surface area contributed by atoms with Crippen molar-refractivity contribution in [2.45, 2.75) is 31.8 Å². The number of rotatable bonds is 5. The van der Waals surface area contributed by atoms with Gasteiger partial charge in [-0.3, -0.25) is 14.5 Å². The Bertz CT molecular complexity index is 1010. The summed E-state index contributed by atoms with van der Waals surface area (Å²) in [5, 5.41) is 2.85. The van der Waals surface area contributed by atoms with Crippen LogP contribution in [0.5, 0.6) is 0 Å². The number of piperazine rings is 1. The predicted molar refractivity (Wildman–Crippen MR) is 120 cm³/mol. The van der Waals surface area contributed by atoms with E-state index in [1.54, 1.807) is 12.1 Å². The van der Waals surface area contributed by atoms with Crippen molar-refractivity contribution in [1.29, 1.82) is 0 Å². The number of carbonyl (C=O) groups is 2. The van der Waals surface area contributed by atoms with Gasteiger partial charge in [0.25, 0.3) is 0 Å². The first-order valence-electron chi connectivity index (χ1n) is 11.1. The molecule has 0 spiro atoms. The first-order valence-corrected chi connectivity index (χ1v) is 11.1. The van der Waals surface area contributed by atoms with Crippen LogP contribution in [0, 0.1) is 17.5 Å². The smallest absolute Gasteiger partial charge is 0.249 e. The second kappa shape index (κ2) is 9.82. The lowest BCUT2D eigenvalue weighted by Gasteiger charge is -2.39. The summed E-state index contributed by atoms with van der Waals surface area (Å²) >= 11 is 0. The van der Waals surface area contributed by atoms with Crippen molar-refractivity contribution in [2.75, 3.05) is 42.5 Å². The van der Waals surface area contributed by atoms with E-state index in [-0.39, 0.29) is 23.3 Å². The highest BCUT2D eigenvalue weighted by Gasteiger charge is 2.33. The zero-order chi connectivity index (χ0) is 23.5. The van der Waals surface area contributed by atoms with Gasteiger partial charge in [0.05, 0.1) is 6.04 Å². The van der Waals surface area contributed by atoms with E-state index >= 15 is 0 Å². The zero-order valence-electron chi connectivity index (χ0n) is 18.4. The van der Waals surface area contributed by atoms with Crippen molar-refractivity contribution < 1.29 is 22.8 Å². The third kappa shape index (κ3) is 5.13. The summed E-state index contributed by atoms with van der Waals surface area (Å²) in [4.78, 5) is 31.4. The SMILES string of the molecule is CC(C(=O)NC1CCCN(c2ccc(F)c(F)c2)C1=O)N1CCN(c2ccc(F)cc2)CC1. The van der Waals surface area contributed by atoms with Gasteiger partial charge in [-0.25, -0.2) is 13.2 Å². The van der Waals surface area contributed by atoms with Gasteiger partial charge in [-0.05, 0) is 56.2 Å². The lowest BCUT2D eigenvalue weighted by Crippen LogP contribution is -2.58. The van der Waals surface area contributed by atoms with Gasteiger partial charge in [-0.15, -0.1) is 0 Å². The van der Waals surface area contributed by atoms with E-state index in [2.05, 4.69) is 15.1 Å². The molecule has 0 aromatic heterocycles. The van der Waals surface area contributed by atoms with Crippen LogP contribution < -0.4 is 15.1 Å². The monoisotopic (exact) mass is 460 g/mol. The highest BCUT2D eigenvalue weighted by atomic mass is 19.2. The normalized spacial score (nSPS) is 20.6. The zero-order valence-corrected chi connectivity index (χ0v) is 18.4. The Balaban J connectivity index is 1.33. The summed E-state index contributed by atoms with van der Waals surface area (Å²) in [6, 6.07) is 8.58. The molecule has 0 aliphatic carbocycles. The molecule has 2 saturated heterocycles. The molecular weight excluding hydrogens is 433 g/mol. The molecule has 1 N–H and O–H groups in total. The van der Waals surface area contributed by atoms with Crippen molar-refractivity contribution in [1.82, 2.24) is 10.2 Å². The first kappa shape index (κ1) is 23.1. The van der Waals surface area contributed by atoms with Crippen LogP contribution in [0.15, 0.2) is 42.5 Å². The van der Waals surface area contributed by atoms with Crippen LogP contribution in [0.1, 0.15) is 19.8 Å². The third-order valence-corrected chi connectivity index (χ3v) is 6.40. The molecule has 2 aromatic carbocycles. The Hall–Kier alpha value is -3.07. The van der Waals surface area contributed by atoms with E-state index in [0.29, 0.717) is 45.6 Å². The Morgan fingerprint density at radius 1 is 0.939 bits per heavy atom. The molecule has 33 heavy (non-hydrogen) atoms. The van der Waals surface area contributed by atoms with Crippen molar-refractivity contribution in [3.8, 4) is 0 Å². The third-order valence-electron chi connectivity index (χ3n) is 6.40. The number of hydrogen-bond donors (Lipinski definition) is 1. The second-order valence-electron chi connectivity index (χ2n) is 8.47. The minimum atomic E-state index is -1.01. The molecule has 0 bridgehead atoms. The van der Waals surface area contributed by atoms with Crippen LogP contribution in [-0.4, -0.2) is 61.5 Å². The summed E-state index contributed by atoms with van der Waals surface area (Å²) in [5.74, 6) is -2.83. The number of benzene rings is 2. The highest BCUT2D eigenvalue weighted by molar-refractivity contribution is 6.00. The van der Waals surface area contributed by atoms with Crippen LogP contribution in [0.3, 0.4) is 0 Å². The Morgan fingerprint density at radius 3 is 2.27 bits per heavy atom. The van der Waals surface area contributed by atoms with Crippen LogP contribution in [-0.2, 0) is 9.59 Å². The Labute approximate surface area is 191 Å².